The van der Waals surface area contributed by atoms with Crippen LogP contribution in [0.3, 0.4) is 0 Å². The Balaban J connectivity index is 2.35. The normalized spacial score (nSPS) is 13.3. The van der Waals surface area contributed by atoms with Crippen molar-refractivity contribution in [3.05, 3.63) is 90.0 Å². The van der Waals surface area contributed by atoms with Gasteiger partial charge in [0.15, 0.2) is 5.54 Å². The van der Waals surface area contributed by atoms with Crippen LogP contribution in [0.1, 0.15) is 11.1 Å². The topological polar surface area (TPSA) is 17.8 Å². The average molecular weight is 294 g/mol. The molecule has 1 heterocycles. The molecule has 22 heavy (non-hydrogen) atoms. The third-order valence-electron chi connectivity index (χ3n) is 3.61. The maximum atomic E-state index is 14.4. The molecule has 0 aliphatic rings. The van der Waals surface area contributed by atoms with E-state index in [0.717, 1.165) is 6.07 Å². The zero-order valence-corrected chi connectivity index (χ0v) is 11.6. The first kappa shape index (κ1) is 14.0. The van der Waals surface area contributed by atoms with E-state index in [1.54, 1.807) is 17.0 Å². The van der Waals surface area contributed by atoms with Gasteiger partial charge in [0.2, 0.25) is 0 Å². The molecule has 1 unspecified atom stereocenters. The number of halogens is 2. The second-order valence-corrected chi connectivity index (χ2v) is 4.81. The quantitative estimate of drug-likeness (QED) is 0.675. The maximum Gasteiger partial charge on any atom is 0.160 e. The molecule has 0 bridgehead atoms. The summed E-state index contributed by atoms with van der Waals surface area (Å²) in [4.78, 5) is 4.01. The Labute approximate surface area is 127 Å². The fourth-order valence-electron chi connectivity index (χ4n) is 2.60. The second kappa shape index (κ2) is 5.45. The summed E-state index contributed by atoms with van der Waals surface area (Å²) in [5, 5.41) is 0. The van der Waals surface area contributed by atoms with Crippen molar-refractivity contribution in [3.63, 3.8) is 0 Å². The summed E-state index contributed by atoms with van der Waals surface area (Å²) in [6.07, 6.45) is 10.6. The monoisotopic (exact) mass is 294 g/mol. The summed E-state index contributed by atoms with van der Waals surface area (Å²) in [6.45, 7) is 0. The van der Waals surface area contributed by atoms with E-state index in [2.05, 4.69) is 10.9 Å². The highest BCUT2D eigenvalue weighted by Crippen LogP contribution is 2.35. The van der Waals surface area contributed by atoms with Crippen LogP contribution in [-0.4, -0.2) is 9.55 Å². The summed E-state index contributed by atoms with van der Waals surface area (Å²) >= 11 is 0. The number of terminal acetylenes is 1. The lowest BCUT2D eigenvalue weighted by Crippen LogP contribution is -2.35. The van der Waals surface area contributed by atoms with Gasteiger partial charge in [-0.3, -0.25) is 0 Å². The Morgan fingerprint density at radius 3 is 2.45 bits per heavy atom. The van der Waals surface area contributed by atoms with Crippen molar-refractivity contribution >= 4 is 0 Å². The van der Waals surface area contributed by atoms with Gasteiger partial charge in [-0.2, -0.15) is 0 Å². The first-order valence-electron chi connectivity index (χ1n) is 6.66. The van der Waals surface area contributed by atoms with Gasteiger partial charge in [0.25, 0.3) is 0 Å². The minimum atomic E-state index is -1.23. The molecular weight excluding hydrogens is 282 g/mol. The lowest BCUT2D eigenvalue weighted by Gasteiger charge is -2.31. The molecule has 0 radical (unpaired) electrons. The standard InChI is InChI=1S/C18H12F2N2/c1-2-18(22-11-10-21-13-22,14-6-4-3-5-7-14)16-9-8-15(19)12-17(16)20/h1,3-13H. The minimum absolute atomic E-state index is 0.195. The van der Waals surface area contributed by atoms with Gasteiger partial charge in [-0.15, -0.1) is 6.42 Å². The Morgan fingerprint density at radius 1 is 1.09 bits per heavy atom. The van der Waals surface area contributed by atoms with E-state index in [9.17, 15) is 8.78 Å². The SMILES string of the molecule is C#CC(c1ccccc1)(c1ccc(F)cc1F)n1ccnc1. The van der Waals surface area contributed by atoms with Crippen molar-refractivity contribution in [2.75, 3.05) is 0 Å². The summed E-state index contributed by atoms with van der Waals surface area (Å²) < 4.78 is 29.4. The van der Waals surface area contributed by atoms with Gasteiger partial charge in [0.1, 0.15) is 11.6 Å². The lowest BCUT2D eigenvalue weighted by molar-refractivity contribution is 0.499. The highest BCUT2D eigenvalue weighted by Gasteiger charge is 2.36. The summed E-state index contributed by atoms with van der Waals surface area (Å²) in [5.41, 5.74) is -0.336. The molecule has 0 saturated carbocycles. The zero-order chi connectivity index (χ0) is 15.6. The highest BCUT2D eigenvalue weighted by molar-refractivity contribution is 5.48. The zero-order valence-electron chi connectivity index (χ0n) is 11.6. The second-order valence-electron chi connectivity index (χ2n) is 4.81. The lowest BCUT2D eigenvalue weighted by atomic mass is 9.83. The Morgan fingerprint density at radius 2 is 1.86 bits per heavy atom. The molecule has 0 fully saturated rings. The predicted molar refractivity (Wildman–Crippen MR) is 80.0 cm³/mol. The largest absolute Gasteiger partial charge is 0.312 e. The van der Waals surface area contributed by atoms with Crippen LogP contribution in [0.15, 0.2) is 67.3 Å². The van der Waals surface area contributed by atoms with Crippen molar-refractivity contribution in [1.29, 1.82) is 0 Å². The minimum Gasteiger partial charge on any atom is -0.312 e. The molecule has 3 aromatic rings. The van der Waals surface area contributed by atoms with Gasteiger partial charge in [0, 0.05) is 24.0 Å². The van der Waals surface area contributed by atoms with Gasteiger partial charge >= 0.3 is 0 Å². The van der Waals surface area contributed by atoms with Crippen LogP contribution in [0.5, 0.6) is 0 Å². The summed E-state index contributed by atoms with van der Waals surface area (Å²) in [6, 6.07) is 12.5. The highest BCUT2D eigenvalue weighted by atomic mass is 19.1. The molecule has 4 heteroatoms. The smallest absolute Gasteiger partial charge is 0.160 e. The average Bonchev–Trinajstić information content (AvgIpc) is 3.06. The molecule has 108 valence electrons. The van der Waals surface area contributed by atoms with Crippen molar-refractivity contribution in [1.82, 2.24) is 9.55 Å². The number of nitrogens with zero attached hydrogens (tertiary/aromatic N) is 2. The van der Waals surface area contributed by atoms with Crippen LogP contribution in [0.25, 0.3) is 0 Å². The molecule has 0 saturated heterocycles. The van der Waals surface area contributed by atoms with Crippen molar-refractivity contribution in [2.45, 2.75) is 5.54 Å². The predicted octanol–water partition coefficient (Wildman–Crippen LogP) is 3.59. The number of rotatable bonds is 3. The van der Waals surface area contributed by atoms with E-state index in [1.807, 2.05) is 30.3 Å². The van der Waals surface area contributed by atoms with E-state index in [0.29, 0.717) is 5.56 Å². The molecule has 0 aliphatic carbocycles. The number of benzene rings is 2. The van der Waals surface area contributed by atoms with E-state index >= 15 is 0 Å². The molecule has 0 spiro atoms. The molecule has 0 aliphatic heterocycles. The van der Waals surface area contributed by atoms with Gasteiger partial charge in [-0.1, -0.05) is 36.3 Å². The fraction of sp³-hybridized carbons (Fsp3) is 0.0556. The van der Waals surface area contributed by atoms with Gasteiger partial charge in [0.05, 0.1) is 6.33 Å². The first-order valence-corrected chi connectivity index (χ1v) is 6.66. The molecule has 1 atom stereocenters. The van der Waals surface area contributed by atoms with Crippen molar-refractivity contribution in [2.24, 2.45) is 0 Å². The first-order chi connectivity index (χ1) is 10.7. The third-order valence-corrected chi connectivity index (χ3v) is 3.61. The molecule has 3 rings (SSSR count). The Bertz CT molecular complexity index is 820. The van der Waals surface area contributed by atoms with E-state index in [-0.39, 0.29) is 5.56 Å². The third kappa shape index (κ3) is 2.08. The number of hydrogen-bond acceptors (Lipinski definition) is 1. The fourth-order valence-corrected chi connectivity index (χ4v) is 2.60. The van der Waals surface area contributed by atoms with Crippen LogP contribution in [0, 0.1) is 24.0 Å². The van der Waals surface area contributed by atoms with Gasteiger partial charge in [-0.05, 0) is 17.7 Å². The Kier molecular flexibility index (Phi) is 3.48. The van der Waals surface area contributed by atoms with Crippen LogP contribution >= 0.6 is 0 Å². The number of aromatic nitrogens is 2. The van der Waals surface area contributed by atoms with Crippen LogP contribution < -0.4 is 0 Å². The maximum absolute atomic E-state index is 14.4. The van der Waals surface area contributed by atoms with E-state index in [4.69, 9.17) is 6.42 Å². The van der Waals surface area contributed by atoms with Gasteiger partial charge in [-0.25, -0.2) is 13.8 Å². The Hall–Kier alpha value is -2.93. The summed E-state index contributed by atoms with van der Waals surface area (Å²) in [5.74, 6) is 1.33. The van der Waals surface area contributed by atoms with Crippen molar-refractivity contribution < 1.29 is 8.78 Å². The molecular formula is C18H12F2N2. The molecule has 1 aromatic heterocycles. The number of imidazole rings is 1. The van der Waals surface area contributed by atoms with Crippen LogP contribution in [0.2, 0.25) is 0 Å². The number of hydrogen-bond donors (Lipinski definition) is 0. The molecule has 0 N–H and O–H groups in total. The van der Waals surface area contributed by atoms with Crippen LogP contribution in [0.4, 0.5) is 8.78 Å². The van der Waals surface area contributed by atoms with Gasteiger partial charge < -0.3 is 4.57 Å². The van der Waals surface area contributed by atoms with Crippen molar-refractivity contribution in [3.8, 4) is 12.3 Å². The molecule has 2 aromatic carbocycles. The molecule has 2 nitrogen and oxygen atoms in total. The summed E-state index contributed by atoms with van der Waals surface area (Å²) in [7, 11) is 0. The van der Waals surface area contributed by atoms with E-state index < -0.39 is 17.2 Å². The van der Waals surface area contributed by atoms with E-state index in [1.165, 1.54) is 18.5 Å². The van der Waals surface area contributed by atoms with Crippen LogP contribution in [-0.2, 0) is 5.54 Å². The molecule has 0 amide bonds.